The molecule has 1 fully saturated rings. The van der Waals surface area contributed by atoms with Gasteiger partial charge in [-0.2, -0.15) is 11.8 Å². The second-order valence-corrected chi connectivity index (χ2v) is 6.31. The topological polar surface area (TPSA) is 50.9 Å². The van der Waals surface area contributed by atoms with Crippen molar-refractivity contribution in [2.45, 2.75) is 19.8 Å². The molecule has 0 aromatic carbocycles. The Kier molecular flexibility index (Phi) is 4.83. The second kappa shape index (κ2) is 6.38. The third kappa shape index (κ3) is 3.59. The highest BCUT2D eigenvalue weighted by atomic mass is 32.2. The molecule has 0 radical (unpaired) electrons. The summed E-state index contributed by atoms with van der Waals surface area (Å²) in [6, 6.07) is 3.89. The molecule has 5 heteroatoms. The van der Waals surface area contributed by atoms with Gasteiger partial charge >= 0.3 is 0 Å². The van der Waals surface area contributed by atoms with Crippen LogP contribution < -0.4 is 11.1 Å². The summed E-state index contributed by atoms with van der Waals surface area (Å²) in [6.45, 7) is 2.94. The molecule has 1 aliphatic heterocycles. The maximum absolute atomic E-state index is 5.72. The van der Waals surface area contributed by atoms with Crippen LogP contribution in [0.5, 0.6) is 0 Å². The molecule has 1 saturated heterocycles. The van der Waals surface area contributed by atoms with Crippen molar-refractivity contribution in [1.29, 1.82) is 0 Å². The lowest BCUT2D eigenvalue weighted by atomic mass is 10.0. The molecule has 18 heavy (non-hydrogen) atoms. The van der Waals surface area contributed by atoms with Crippen LogP contribution in [0.25, 0.3) is 0 Å². The molecule has 98 valence electrons. The van der Waals surface area contributed by atoms with E-state index in [2.05, 4.69) is 10.3 Å². The highest BCUT2D eigenvalue weighted by Crippen LogP contribution is 2.23. The summed E-state index contributed by atoms with van der Waals surface area (Å²) in [5.74, 6) is 4.12. The van der Waals surface area contributed by atoms with Crippen LogP contribution in [0.4, 0.5) is 5.82 Å². The maximum Gasteiger partial charge on any atom is 0.136 e. The van der Waals surface area contributed by atoms with E-state index in [0.717, 1.165) is 29.5 Å². The first-order valence-electron chi connectivity index (χ1n) is 6.26. The molecule has 2 heterocycles. The van der Waals surface area contributed by atoms with Gasteiger partial charge in [-0.15, -0.1) is 0 Å². The van der Waals surface area contributed by atoms with Crippen LogP contribution in [0.2, 0.25) is 0 Å². The number of nitrogens with one attached hydrogen (secondary N) is 1. The van der Waals surface area contributed by atoms with Gasteiger partial charge in [-0.3, -0.25) is 0 Å². The minimum Gasteiger partial charge on any atom is -0.389 e. The highest BCUT2D eigenvalue weighted by molar-refractivity contribution is 7.99. The number of anilines is 1. The first-order chi connectivity index (χ1) is 8.66. The minimum atomic E-state index is 0.407. The maximum atomic E-state index is 5.72. The summed E-state index contributed by atoms with van der Waals surface area (Å²) in [7, 11) is 0. The quantitative estimate of drug-likeness (QED) is 0.831. The number of aryl methyl sites for hydroxylation is 1. The van der Waals surface area contributed by atoms with Crippen LogP contribution in [-0.2, 0) is 0 Å². The molecule has 2 rings (SSSR count). The van der Waals surface area contributed by atoms with Gasteiger partial charge < -0.3 is 11.1 Å². The van der Waals surface area contributed by atoms with Gasteiger partial charge in [0.15, 0.2) is 0 Å². The fourth-order valence-corrected chi connectivity index (χ4v) is 3.45. The van der Waals surface area contributed by atoms with Crippen molar-refractivity contribution in [2.75, 3.05) is 23.4 Å². The van der Waals surface area contributed by atoms with Gasteiger partial charge in [0.1, 0.15) is 10.8 Å². The molecule has 0 atom stereocenters. The Bertz CT molecular complexity index is 428. The molecule has 1 aromatic heterocycles. The number of aromatic nitrogens is 1. The average Bonchev–Trinajstić information content (AvgIpc) is 2.37. The summed E-state index contributed by atoms with van der Waals surface area (Å²) < 4.78 is 0. The van der Waals surface area contributed by atoms with E-state index in [1.54, 1.807) is 0 Å². The minimum absolute atomic E-state index is 0.407. The molecule has 0 aliphatic carbocycles. The van der Waals surface area contributed by atoms with E-state index in [1.807, 2.05) is 30.8 Å². The van der Waals surface area contributed by atoms with E-state index >= 15 is 0 Å². The lowest BCUT2D eigenvalue weighted by Gasteiger charge is -2.22. The zero-order valence-electron chi connectivity index (χ0n) is 10.6. The smallest absolute Gasteiger partial charge is 0.136 e. The van der Waals surface area contributed by atoms with Gasteiger partial charge in [0.25, 0.3) is 0 Å². The number of pyridine rings is 1. The van der Waals surface area contributed by atoms with Crippen molar-refractivity contribution in [3.63, 3.8) is 0 Å². The molecule has 0 bridgehead atoms. The molecule has 1 aromatic rings. The lowest BCUT2D eigenvalue weighted by molar-refractivity contribution is 0.515. The van der Waals surface area contributed by atoms with Crippen LogP contribution in [-0.4, -0.2) is 28.0 Å². The summed E-state index contributed by atoms with van der Waals surface area (Å²) >= 11 is 7.10. The van der Waals surface area contributed by atoms with Crippen molar-refractivity contribution in [3.05, 3.63) is 23.4 Å². The number of nitrogens with zero attached hydrogens (tertiary/aromatic N) is 1. The highest BCUT2D eigenvalue weighted by Gasteiger charge is 2.14. The molecular formula is C13H19N3S2. The predicted octanol–water partition coefficient (Wildman–Crippen LogP) is 2.58. The van der Waals surface area contributed by atoms with Gasteiger partial charge in [-0.05, 0) is 49.3 Å². The number of rotatable bonds is 4. The fourth-order valence-electron chi connectivity index (χ4n) is 2.08. The van der Waals surface area contributed by atoms with Crippen LogP contribution in [0.1, 0.15) is 24.1 Å². The Morgan fingerprint density at radius 3 is 2.89 bits per heavy atom. The van der Waals surface area contributed by atoms with Crippen molar-refractivity contribution < 1.29 is 0 Å². The Balaban J connectivity index is 2.03. The van der Waals surface area contributed by atoms with Crippen molar-refractivity contribution >= 4 is 34.8 Å². The Hall–Kier alpha value is -0.810. The molecular weight excluding hydrogens is 262 g/mol. The van der Waals surface area contributed by atoms with E-state index in [0.29, 0.717) is 4.99 Å². The largest absolute Gasteiger partial charge is 0.389 e. The van der Waals surface area contributed by atoms with Crippen LogP contribution in [0, 0.1) is 12.8 Å². The summed E-state index contributed by atoms with van der Waals surface area (Å²) in [6.07, 6.45) is 2.57. The van der Waals surface area contributed by atoms with E-state index in [1.165, 1.54) is 24.3 Å². The molecule has 3 nitrogen and oxygen atoms in total. The van der Waals surface area contributed by atoms with Crippen LogP contribution >= 0.6 is 24.0 Å². The number of thiocarbonyl (C=S) groups is 1. The third-order valence-electron chi connectivity index (χ3n) is 3.20. The molecule has 0 unspecified atom stereocenters. The summed E-state index contributed by atoms with van der Waals surface area (Å²) in [5, 5.41) is 3.42. The van der Waals surface area contributed by atoms with Gasteiger partial charge in [-0.1, -0.05) is 12.2 Å². The normalized spacial score (nSPS) is 16.5. The predicted molar refractivity (Wildman–Crippen MR) is 83.4 cm³/mol. The van der Waals surface area contributed by atoms with E-state index in [4.69, 9.17) is 18.0 Å². The van der Waals surface area contributed by atoms with Gasteiger partial charge in [0, 0.05) is 12.2 Å². The Morgan fingerprint density at radius 1 is 1.50 bits per heavy atom. The number of nitrogens with two attached hydrogens (primary N) is 1. The van der Waals surface area contributed by atoms with Gasteiger partial charge in [0.05, 0.1) is 5.56 Å². The zero-order chi connectivity index (χ0) is 13.0. The van der Waals surface area contributed by atoms with E-state index in [-0.39, 0.29) is 0 Å². The SMILES string of the molecule is Cc1ccc(C(N)=S)c(NCC2CCSCC2)n1. The van der Waals surface area contributed by atoms with E-state index in [9.17, 15) is 0 Å². The standard InChI is InChI=1S/C13H19N3S2/c1-9-2-3-11(12(14)17)13(16-9)15-8-10-4-6-18-7-5-10/h2-3,10H,4-8H2,1H3,(H2,14,17)(H,15,16). The summed E-state index contributed by atoms with van der Waals surface area (Å²) in [4.78, 5) is 4.90. The molecule has 1 aliphatic rings. The van der Waals surface area contributed by atoms with Crippen molar-refractivity contribution in [3.8, 4) is 0 Å². The Labute approximate surface area is 118 Å². The van der Waals surface area contributed by atoms with Crippen molar-refractivity contribution in [1.82, 2.24) is 4.98 Å². The molecule has 3 N–H and O–H groups in total. The lowest BCUT2D eigenvalue weighted by Crippen LogP contribution is -2.22. The van der Waals surface area contributed by atoms with E-state index < -0.39 is 0 Å². The van der Waals surface area contributed by atoms with Crippen molar-refractivity contribution in [2.24, 2.45) is 11.7 Å². The van der Waals surface area contributed by atoms with Crippen LogP contribution in [0.15, 0.2) is 12.1 Å². The first kappa shape index (κ1) is 13.6. The van der Waals surface area contributed by atoms with Gasteiger partial charge in [0.2, 0.25) is 0 Å². The number of thioether (sulfide) groups is 1. The molecule has 0 amide bonds. The van der Waals surface area contributed by atoms with Crippen LogP contribution in [0.3, 0.4) is 0 Å². The first-order valence-corrected chi connectivity index (χ1v) is 7.82. The zero-order valence-corrected chi connectivity index (χ0v) is 12.2. The molecule has 0 saturated carbocycles. The number of hydrogen-bond donors (Lipinski definition) is 2. The third-order valence-corrected chi connectivity index (χ3v) is 4.47. The fraction of sp³-hybridized carbons (Fsp3) is 0.538. The average molecular weight is 281 g/mol. The number of hydrogen-bond acceptors (Lipinski definition) is 4. The second-order valence-electron chi connectivity index (χ2n) is 4.65. The summed E-state index contributed by atoms with van der Waals surface area (Å²) in [5.41, 5.74) is 7.55. The monoisotopic (exact) mass is 281 g/mol. The van der Waals surface area contributed by atoms with Gasteiger partial charge in [-0.25, -0.2) is 4.98 Å². The molecule has 0 spiro atoms. The Morgan fingerprint density at radius 2 is 2.22 bits per heavy atom.